The maximum absolute atomic E-state index is 2.44. The van der Waals surface area contributed by atoms with E-state index in [4.69, 9.17) is 0 Å². The van der Waals surface area contributed by atoms with Crippen LogP contribution in [0.5, 0.6) is 0 Å². The second-order valence-corrected chi connectivity index (χ2v) is 5.24. The number of rotatable bonds is 1. The van der Waals surface area contributed by atoms with Crippen LogP contribution in [0.15, 0.2) is 71.9 Å². The van der Waals surface area contributed by atoms with Crippen LogP contribution in [0.3, 0.4) is 0 Å². The topological polar surface area (TPSA) is 0 Å². The minimum atomic E-state index is 0.528. The molecule has 3 aliphatic rings. The molecule has 0 heteroatoms. The van der Waals surface area contributed by atoms with Crippen LogP contribution in [-0.2, 0) is 0 Å². The normalized spacial score (nSPS) is 34.9. The molecular weight excluding hydrogens is 216 g/mol. The lowest BCUT2D eigenvalue weighted by molar-refractivity contribution is 0.611. The van der Waals surface area contributed by atoms with Crippen molar-refractivity contribution in [2.75, 3.05) is 0 Å². The van der Waals surface area contributed by atoms with Crippen LogP contribution in [0, 0.1) is 11.8 Å². The number of allylic oxidation sites excluding steroid dienone is 12. The molecule has 0 amide bonds. The summed E-state index contributed by atoms with van der Waals surface area (Å²) in [6.07, 6.45) is 28.0. The third kappa shape index (κ3) is 2.33. The lowest BCUT2D eigenvalue weighted by Gasteiger charge is -2.29. The van der Waals surface area contributed by atoms with Crippen LogP contribution in [0.1, 0.15) is 25.7 Å². The minimum Gasteiger partial charge on any atom is -0.0843 e. The highest BCUT2D eigenvalue weighted by molar-refractivity contribution is 5.44. The molecule has 3 rings (SSSR count). The first-order valence-electron chi connectivity index (χ1n) is 7.05. The lowest BCUT2D eigenvalue weighted by Crippen LogP contribution is -2.18. The van der Waals surface area contributed by atoms with Gasteiger partial charge in [0.1, 0.15) is 0 Å². The van der Waals surface area contributed by atoms with E-state index in [0.29, 0.717) is 11.8 Å². The second-order valence-electron chi connectivity index (χ2n) is 5.24. The van der Waals surface area contributed by atoms with Crippen molar-refractivity contribution < 1.29 is 0 Å². The molecule has 2 atom stereocenters. The minimum absolute atomic E-state index is 0.528. The highest BCUT2D eigenvalue weighted by atomic mass is 14.3. The van der Waals surface area contributed by atoms with Gasteiger partial charge in [0, 0.05) is 11.8 Å². The lowest BCUT2D eigenvalue weighted by atomic mass is 9.75. The summed E-state index contributed by atoms with van der Waals surface area (Å²) < 4.78 is 0. The van der Waals surface area contributed by atoms with Gasteiger partial charge in [0.15, 0.2) is 0 Å². The van der Waals surface area contributed by atoms with Crippen molar-refractivity contribution >= 4 is 0 Å². The monoisotopic (exact) mass is 236 g/mol. The summed E-state index contributed by atoms with van der Waals surface area (Å²) in [5.74, 6) is 1.07. The Bertz CT molecular complexity index is 480. The molecule has 0 aromatic rings. The highest BCUT2D eigenvalue weighted by Crippen LogP contribution is 2.36. The van der Waals surface area contributed by atoms with Crippen molar-refractivity contribution in [3.05, 3.63) is 71.9 Å². The van der Waals surface area contributed by atoms with Gasteiger partial charge in [-0.1, -0.05) is 60.8 Å². The second kappa shape index (κ2) is 5.39. The van der Waals surface area contributed by atoms with Gasteiger partial charge in [-0.05, 0) is 36.8 Å². The van der Waals surface area contributed by atoms with Crippen molar-refractivity contribution in [2.24, 2.45) is 11.8 Å². The zero-order chi connectivity index (χ0) is 12.2. The molecule has 2 unspecified atom stereocenters. The summed E-state index contributed by atoms with van der Waals surface area (Å²) in [6.45, 7) is 0. The van der Waals surface area contributed by atoms with E-state index in [1.165, 1.54) is 36.8 Å². The van der Waals surface area contributed by atoms with E-state index in [1.807, 2.05) is 0 Å². The average molecular weight is 236 g/mol. The van der Waals surface area contributed by atoms with Gasteiger partial charge in [-0.15, -0.1) is 0 Å². The van der Waals surface area contributed by atoms with Crippen LogP contribution in [0.25, 0.3) is 0 Å². The molecule has 0 saturated carbocycles. The van der Waals surface area contributed by atoms with Crippen molar-refractivity contribution in [1.82, 2.24) is 0 Å². The summed E-state index contributed by atoms with van der Waals surface area (Å²) in [6, 6.07) is 0. The van der Waals surface area contributed by atoms with E-state index >= 15 is 0 Å². The van der Waals surface area contributed by atoms with E-state index in [1.54, 1.807) is 0 Å². The Morgan fingerprint density at radius 1 is 0.778 bits per heavy atom. The predicted molar refractivity (Wildman–Crippen MR) is 78.2 cm³/mol. The maximum Gasteiger partial charge on any atom is 0.0125 e. The smallest absolute Gasteiger partial charge is 0.0125 e. The molecule has 0 fully saturated rings. The van der Waals surface area contributed by atoms with Gasteiger partial charge >= 0.3 is 0 Å². The SMILES string of the molecule is C1=CC2=CC=CC(C3=C/CCCC/C=C\3)C2C=C1. The molecule has 0 nitrogen and oxygen atoms in total. The van der Waals surface area contributed by atoms with Crippen molar-refractivity contribution in [1.29, 1.82) is 0 Å². The van der Waals surface area contributed by atoms with Crippen LogP contribution >= 0.6 is 0 Å². The molecule has 0 N–H and O–H groups in total. The molecule has 3 aliphatic carbocycles. The van der Waals surface area contributed by atoms with Crippen LogP contribution in [0.2, 0.25) is 0 Å². The fraction of sp³-hybridized carbons (Fsp3) is 0.333. The molecule has 0 spiro atoms. The van der Waals surface area contributed by atoms with Gasteiger partial charge in [-0.25, -0.2) is 0 Å². The van der Waals surface area contributed by atoms with E-state index in [0.717, 1.165) is 0 Å². The van der Waals surface area contributed by atoms with Gasteiger partial charge in [-0.3, -0.25) is 0 Å². The van der Waals surface area contributed by atoms with Crippen molar-refractivity contribution in [2.45, 2.75) is 25.7 Å². The number of fused-ring (bicyclic) bond motifs is 1. The fourth-order valence-corrected chi connectivity index (χ4v) is 3.00. The molecule has 0 aliphatic heterocycles. The van der Waals surface area contributed by atoms with Gasteiger partial charge in [0.2, 0.25) is 0 Å². The summed E-state index contributed by atoms with van der Waals surface area (Å²) in [5.41, 5.74) is 2.95. The molecule has 0 heterocycles. The summed E-state index contributed by atoms with van der Waals surface area (Å²) in [5, 5.41) is 0. The third-order valence-corrected chi connectivity index (χ3v) is 4.00. The van der Waals surface area contributed by atoms with E-state index in [-0.39, 0.29) is 0 Å². The zero-order valence-electron chi connectivity index (χ0n) is 10.8. The van der Waals surface area contributed by atoms with Gasteiger partial charge in [0.25, 0.3) is 0 Å². The molecule has 0 saturated heterocycles. The first-order chi connectivity index (χ1) is 8.95. The summed E-state index contributed by atoms with van der Waals surface area (Å²) in [4.78, 5) is 0. The summed E-state index contributed by atoms with van der Waals surface area (Å²) >= 11 is 0. The van der Waals surface area contributed by atoms with Crippen molar-refractivity contribution in [3.63, 3.8) is 0 Å². The summed E-state index contributed by atoms with van der Waals surface area (Å²) in [7, 11) is 0. The van der Waals surface area contributed by atoms with E-state index in [9.17, 15) is 0 Å². The largest absolute Gasteiger partial charge is 0.0843 e. The molecule has 18 heavy (non-hydrogen) atoms. The molecule has 0 aromatic heterocycles. The van der Waals surface area contributed by atoms with Crippen molar-refractivity contribution in [3.8, 4) is 0 Å². The fourth-order valence-electron chi connectivity index (χ4n) is 3.00. The van der Waals surface area contributed by atoms with E-state index < -0.39 is 0 Å². The van der Waals surface area contributed by atoms with Gasteiger partial charge in [-0.2, -0.15) is 0 Å². The molecule has 0 aromatic carbocycles. The average Bonchev–Trinajstić information content (AvgIpc) is 2.38. The van der Waals surface area contributed by atoms with Crippen LogP contribution < -0.4 is 0 Å². The maximum atomic E-state index is 2.44. The first kappa shape index (κ1) is 11.5. The molecule has 0 bridgehead atoms. The molecule has 92 valence electrons. The Labute approximate surface area is 110 Å². The Morgan fingerprint density at radius 3 is 2.61 bits per heavy atom. The molecule has 0 radical (unpaired) electrons. The first-order valence-corrected chi connectivity index (χ1v) is 7.05. The third-order valence-electron chi connectivity index (χ3n) is 4.00. The van der Waals surface area contributed by atoms with Gasteiger partial charge in [0.05, 0.1) is 0 Å². The predicted octanol–water partition coefficient (Wildman–Crippen LogP) is 4.90. The Kier molecular flexibility index (Phi) is 3.45. The Balaban J connectivity index is 1.88. The molecular formula is C18H20. The Morgan fingerprint density at radius 2 is 1.61 bits per heavy atom. The standard InChI is InChI=1S/C18H20/c1-2-4-9-15(10-5-3-1)18-14-8-12-16-11-6-7-13-17(16)18/h4,6-14,17-18H,1-3,5H2/b9-4-,15-10+. The Hall–Kier alpha value is -1.56. The quantitative estimate of drug-likeness (QED) is 0.607. The van der Waals surface area contributed by atoms with E-state index in [2.05, 4.69) is 60.8 Å². The number of hydrogen-bond acceptors (Lipinski definition) is 0. The zero-order valence-corrected chi connectivity index (χ0v) is 10.8. The highest BCUT2D eigenvalue weighted by Gasteiger charge is 2.24. The van der Waals surface area contributed by atoms with Gasteiger partial charge < -0.3 is 0 Å². The number of hydrogen-bond donors (Lipinski definition) is 0. The van der Waals surface area contributed by atoms with Crippen LogP contribution in [-0.4, -0.2) is 0 Å². The van der Waals surface area contributed by atoms with Crippen LogP contribution in [0.4, 0.5) is 0 Å².